The molecule has 3 aromatic rings. The Bertz CT molecular complexity index is 1350. The number of fused-ring (bicyclic) bond motifs is 1. The zero-order chi connectivity index (χ0) is 25.7. The predicted octanol–water partition coefficient (Wildman–Crippen LogP) is 3.10. The second-order valence-electron chi connectivity index (χ2n) is 6.02. The van der Waals surface area contributed by atoms with Crippen LogP contribution in [-0.2, 0) is 26.0 Å². The van der Waals surface area contributed by atoms with Gasteiger partial charge >= 0.3 is 21.2 Å². The van der Waals surface area contributed by atoms with Crippen LogP contribution in [0.5, 0.6) is 5.75 Å². The maximum absolute atomic E-state index is 11.5. The van der Waals surface area contributed by atoms with Gasteiger partial charge in [-0.2, -0.15) is 5.11 Å². The van der Waals surface area contributed by atoms with Crippen LogP contribution in [-0.4, -0.2) is 42.1 Å². The normalized spacial score (nSPS) is 9.91. The Morgan fingerprint density at radius 3 is 2.06 bits per heavy atom. The minimum Gasteiger partial charge on any atom is -0.507 e. The minimum absolute atomic E-state index is 0.0982. The number of anilines is 2. The molecule has 0 unspecified atom stereocenters. The van der Waals surface area contributed by atoms with Crippen LogP contribution in [0, 0.1) is 0 Å². The Hall–Kier alpha value is -3.88. The summed E-state index contributed by atoms with van der Waals surface area (Å²) >= 11 is 5.54. The van der Waals surface area contributed by atoms with E-state index in [1.54, 1.807) is 42.5 Å². The number of aromatic hydroxyl groups is 1. The molecule has 0 aliphatic carbocycles. The van der Waals surface area contributed by atoms with Gasteiger partial charge in [-0.3, -0.25) is 4.79 Å². The lowest BCUT2D eigenvalue weighted by atomic mass is 10.1. The van der Waals surface area contributed by atoms with Crippen molar-refractivity contribution >= 4 is 72.2 Å². The monoisotopic (exact) mass is 528 g/mol. The Morgan fingerprint density at radius 1 is 0.912 bits per heavy atom. The number of nitrogen functional groups attached to an aromatic ring is 1. The summed E-state index contributed by atoms with van der Waals surface area (Å²) in [4.78, 5) is 11.5. The molecule has 1 amide bonds. The minimum atomic E-state index is -3.11. The Labute approximate surface area is 201 Å². The number of nitrogens with two attached hydrogens (primary N) is 1. The van der Waals surface area contributed by atoms with Crippen molar-refractivity contribution in [3.8, 4) is 5.75 Å². The number of amides is 1. The van der Waals surface area contributed by atoms with Gasteiger partial charge in [0.25, 0.3) is 0 Å². The number of carbonyl (C=O) groups is 1. The molecule has 0 aliphatic rings. The number of phenolic OH excluding ortho intramolecular Hbond substituents is 1. The van der Waals surface area contributed by atoms with Crippen LogP contribution in [0.4, 0.5) is 22.7 Å². The average molecular weight is 529 g/mol. The van der Waals surface area contributed by atoms with E-state index in [9.17, 15) is 9.90 Å². The summed E-state index contributed by atoms with van der Waals surface area (Å²) in [5, 5.41) is 22.7. The summed E-state index contributed by atoms with van der Waals surface area (Å²) in [6.45, 7) is 0. The molecule has 0 atom stereocenters. The summed E-state index contributed by atoms with van der Waals surface area (Å²) in [6.07, 6.45) is 0.257. The number of rotatable bonds is 5. The van der Waals surface area contributed by atoms with Crippen molar-refractivity contribution in [3.05, 3.63) is 54.6 Å². The molecule has 0 spiro atoms. The largest absolute Gasteiger partial charge is 0.507 e. The SMILES string of the molecule is Nc1ccc2cccc(O)c2c1N=Nc1ccc(NC(=O)CCCl)cc1.O=S(=O)=O.O=S(=O)=O. The fourth-order valence-electron chi connectivity index (χ4n) is 2.49. The maximum atomic E-state index is 11.5. The highest BCUT2D eigenvalue weighted by molar-refractivity contribution is 7.59. The van der Waals surface area contributed by atoms with Crippen LogP contribution >= 0.6 is 11.6 Å². The lowest BCUT2D eigenvalue weighted by molar-refractivity contribution is -0.115. The molecule has 0 aromatic heterocycles. The summed E-state index contributed by atoms with van der Waals surface area (Å²) in [7, 11) is -6.22. The second-order valence-corrected chi connectivity index (χ2v) is 7.22. The van der Waals surface area contributed by atoms with Crippen molar-refractivity contribution in [1.82, 2.24) is 0 Å². The van der Waals surface area contributed by atoms with Crippen LogP contribution in [0.15, 0.2) is 64.8 Å². The molecule has 0 bridgehead atoms. The van der Waals surface area contributed by atoms with Crippen molar-refractivity contribution < 1.29 is 35.2 Å². The van der Waals surface area contributed by atoms with E-state index >= 15 is 0 Å². The van der Waals surface area contributed by atoms with E-state index in [0.717, 1.165) is 5.39 Å². The molecule has 15 heteroatoms. The molecule has 0 saturated heterocycles. The highest BCUT2D eigenvalue weighted by atomic mass is 35.5. The van der Waals surface area contributed by atoms with Crippen molar-refractivity contribution in [2.24, 2.45) is 10.2 Å². The smallest absolute Gasteiger partial charge is 0.425 e. The van der Waals surface area contributed by atoms with Gasteiger partial charge in [-0.15, -0.1) is 42.0 Å². The molecule has 3 aromatic carbocycles. The van der Waals surface area contributed by atoms with Crippen LogP contribution < -0.4 is 11.1 Å². The van der Waals surface area contributed by atoms with Crippen LogP contribution in [0.25, 0.3) is 10.8 Å². The fourth-order valence-corrected chi connectivity index (χ4v) is 2.67. The summed E-state index contributed by atoms with van der Waals surface area (Å²) < 4.78 is 50.7. The van der Waals surface area contributed by atoms with Gasteiger partial charge in [0.05, 0.1) is 16.8 Å². The topological polar surface area (TPSA) is 202 Å². The lowest BCUT2D eigenvalue weighted by Gasteiger charge is -2.07. The van der Waals surface area contributed by atoms with Gasteiger partial charge < -0.3 is 16.2 Å². The first-order valence-corrected chi connectivity index (χ1v) is 11.5. The first kappa shape index (κ1) is 28.2. The molecule has 0 aliphatic heterocycles. The third-order valence-electron chi connectivity index (χ3n) is 3.77. The standard InChI is InChI=1S/C19H17ClN4O2.2O3S/c20-11-10-17(26)22-13-5-7-14(8-6-13)23-24-19-15(21)9-4-12-2-1-3-16(25)18(12)19;2*1-4(2)3/h1-9,25H,10-11,21H2,(H,22,26);;. The first-order chi connectivity index (χ1) is 16.0. The number of hydrogen-bond acceptors (Lipinski definition) is 11. The number of azo groups is 1. The van der Waals surface area contributed by atoms with Crippen LogP contribution in [0.3, 0.4) is 0 Å². The van der Waals surface area contributed by atoms with Crippen molar-refractivity contribution in [2.45, 2.75) is 6.42 Å². The van der Waals surface area contributed by atoms with E-state index in [4.69, 9.17) is 42.6 Å². The van der Waals surface area contributed by atoms with Gasteiger partial charge in [0.15, 0.2) is 0 Å². The Kier molecular flexibility index (Phi) is 11.8. The third-order valence-corrected chi connectivity index (χ3v) is 3.95. The Balaban J connectivity index is 0.000000629. The van der Waals surface area contributed by atoms with Crippen LogP contribution in [0.1, 0.15) is 6.42 Å². The number of alkyl halides is 1. The highest BCUT2D eigenvalue weighted by Gasteiger charge is 2.09. The van der Waals surface area contributed by atoms with Gasteiger partial charge in [-0.05, 0) is 41.8 Å². The van der Waals surface area contributed by atoms with E-state index in [1.165, 1.54) is 0 Å². The number of nitrogens with one attached hydrogen (secondary N) is 1. The Morgan fingerprint density at radius 2 is 1.50 bits per heavy atom. The lowest BCUT2D eigenvalue weighted by Crippen LogP contribution is -2.11. The maximum Gasteiger partial charge on any atom is 0.425 e. The van der Waals surface area contributed by atoms with E-state index in [0.29, 0.717) is 28.1 Å². The summed E-state index contributed by atoms with van der Waals surface area (Å²) in [6, 6.07) is 15.7. The quantitative estimate of drug-likeness (QED) is 0.252. The van der Waals surface area contributed by atoms with E-state index in [-0.39, 0.29) is 24.0 Å². The van der Waals surface area contributed by atoms with Gasteiger partial charge in [-0.1, -0.05) is 18.2 Å². The van der Waals surface area contributed by atoms with Crippen molar-refractivity contribution in [1.29, 1.82) is 0 Å². The van der Waals surface area contributed by atoms with E-state index in [2.05, 4.69) is 15.5 Å². The molecule has 0 heterocycles. The molecule has 0 saturated carbocycles. The van der Waals surface area contributed by atoms with Crippen molar-refractivity contribution in [2.75, 3.05) is 16.9 Å². The number of benzene rings is 3. The number of hydrogen-bond donors (Lipinski definition) is 3. The second kappa shape index (κ2) is 14.3. The predicted molar refractivity (Wildman–Crippen MR) is 124 cm³/mol. The summed E-state index contributed by atoms with van der Waals surface area (Å²) in [5.74, 6) is 0.228. The summed E-state index contributed by atoms with van der Waals surface area (Å²) in [5.41, 5.74) is 8.09. The van der Waals surface area contributed by atoms with E-state index < -0.39 is 21.2 Å². The number of nitrogens with zero attached hydrogens (tertiary/aromatic N) is 2. The zero-order valence-electron chi connectivity index (χ0n) is 17.1. The first-order valence-electron chi connectivity index (χ1n) is 8.96. The molecule has 0 radical (unpaired) electrons. The molecule has 34 heavy (non-hydrogen) atoms. The van der Waals surface area contributed by atoms with Gasteiger partial charge in [-0.25, -0.2) is 0 Å². The molecule has 0 fully saturated rings. The van der Waals surface area contributed by atoms with Crippen LogP contribution in [0.2, 0.25) is 0 Å². The third kappa shape index (κ3) is 10.2. The number of carbonyl (C=O) groups excluding carboxylic acids is 1. The zero-order valence-corrected chi connectivity index (χ0v) is 19.5. The average Bonchev–Trinajstić information content (AvgIpc) is 2.74. The molecule has 3 rings (SSSR count). The van der Waals surface area contributed by atoms with Gasteiger partial charge in [0, 0.05) is 18.0 Å². The molecule has 180 valence electrons. The van der Waals surface area contributed by atoms with Gasteiger partial charge in [0.1, 0.15) is 11.4 Å². The highest BCUT2D eigenvalue weighted by Crippen LogP contribution is 2.38. The molecule has 12 nitrogen and oxygen atoms in total. The molecule has 4 N–H and O–H groups in total. The number of halogens is 1. The van der Waals surface area contributed by atoms with Crippen molar-refractivity contribution in [3.63, 3.8) is 0 Å². The fraction of sp³-hybridized carbons (Fsp3) is 0.105. The molecular weight excluding hydrogens is 512 g/mol. The number of phenols is 1. The molecular formula is C19H17ClN4O8S2. The van der Waals surface area contributed by atoms with E-state index in [1.807, 2.05) is 12.1 Å². The van der Waals surface area contributed by atoms with Gasteiger partial charge in [0.2, 0.25) is 5.91 Å².